The fourth-order valence-corrected chi connectivity index (χ4v) is 2.85. The van der Waals surface area contributed by atoms with Gasteiger partial charge in [-0.1, -0.05) is 48.5 Å². The molecule has 1 aromatic heterocycles. The van der Waals surface area contributed by atoms with Crippen molar-refractivity contribution in [1.82, 2.24) is 9.78 Å². The van der Waals surface area contributed by atoms with Crippen LogP contribution in [0.2, 0.25) is 0 Å². The number of amides is 1. The number of hydrogen-bond acceptors (Lipinski definition) is 2. The van der Waals surface area contributed by atoms with Gasteiger partial charge in [0.15, 0.2) is 0 Å². The zero-order valence-corrected chi connectivity index (χ0v) is 14.2. The van der Waals surface area contributed by atoms with E-state index in [0.29, 0.717) is 12.1 Å². The van der Waals surface area contributed by atoms with E-state index in [1.165, 1.54) is 5.56 Å². The SMILES string of the molecule is Cc1nn(Cc2ccccc2)c(C)c1C(=O)N(C)c1ccccc1. The summed E-state index contributed by atoms with van der Waals surface area (Å²) in [4.78, 5) is 14.6. The number of aromatic nitrogens is 2. The summed E-state index contributed by atoms with van der Waals surface area (Å²) in [7, 11) is 1.80. The number of anilines is 1. The van der Waals surface area contributed by atoms with Crippen LogP contribution >= 0.6 is 0 Å². The Morgan fingerprint density at radius 2 is 1.58 bits per heavy atom. The molecule has 0 aliphatic heterocycles. The third kappa shape index (κ3) is 3.08. The Kier molecular flexibility index (Phi) is 4.47. The Labute approximate surface area is 142 Å². The summed E-state index contributed by atoms with van der Waals surface area (Å²) < 4.78 is 1.90. The van der Waals surface area contributed by atoms with Gasteiger partial charge < -0.3 is 4.90 Å². The summed E-state index contributed by atoms with van der Waals surface area (Å²) in [6.45, 7) is 4.51. The monoisotopic (exact) mass is 319 g/mol. The summed E-state index contributed by atoms with van der Waals surface area (Å²) in [5.74, 6) is -0.0319. The summed E-state index contributed by atoms with van der Waals surface area (Å²) in [6, 6.07) is 19.8. The highest BCUT2D eigenvalue weighted by molar-refractivity contribution is 6.07. The predicted molar refractivity (Wildman–Crippen MR) is 96.4 cm³/mol. The van der Waals surface area contributed by atoms with Crippen molar-refractivity contribution in [3.8, 4) is 0 Å². The second-order valence-electron chi connectivity index (χ2n) is 5.89. The largest absolute Gasteiger partial charge is 0.311 e. The fraction of sp³-hybridized carbons (Fsp3) is 0.200. The molecule has 0 bridgehead atoms. The first-order valence-electron chi connectivity index (χ1n) is 7.99. The van der Waals surface area contributed by atoms with Crippen molar-refractivity contribution in [1.29, 1.82) is 0 Å². The quantitative estimate of drug-likeness (QED) is 0.733. The number of benzene rings is 2. The van der Waals surface area contributed by atoms with Gasteiger partial charge in [0, 0.05) is 18.4 Å². The standard InChI is InChI=1S/C20H21N3O/c1-15-19(20(24)22(3)18-12-8-5-9-13-18)16(2)23(21-15)14-17-10-6-4-7-11-17/h4-13H,14H2,1-3H3. The van der Waals surface area contributed by atoms with Crippen LogP contribution in [0.15, 0.2) is 60.7 Å². The van der Waals surface area contributed by atoms with Crippen molar-refractivity contribution >= 4 is 11.6 Å². The van der Waals surface area contributed by atoms with Crippen molar-refractivity contribution in [2.45, 2.75) is 20.4 Å². The van der Waals surface area contributed by atoms with Crippen molar-refractivity contribution < 1.29 is 4.79 Å². The highest BCUT2D eigenvalue weighted by atomic mass is 16.2. The molecule has 3 aromatic rings. The average Bonchev–Trinajstić information content (AvgIpc) is 2.89. The Hall–Kier alpha value is -2.88. The third-order valence-electron chi connectivity index (χ3n) is 4.22. The molecule has 2 aromatic carbocycles. The van der Waals surface area contributed by atoms with Gasteiger partial charge in [-0.2, -0.15) is 5.10 Å². The van der Waals surface area contributed by atoms with Crippen molar-refractivity contribution in [3.63, 3.8) is 0 Å². The molecule has 3 rings (SSSR count). The van der Waals surface area contributed by atoms with Crippen molar-refractivity contribution in [2.75, 3.05) is 11.9 Å². The second-order valence-corrected chi connectivity index (χ2v) is 5.89. The van der Waals surface area contributed by atoms with Gasteiger partial charge in [-0.25, -0.2) is 0 Å². The molecule has 0 radical (unpaired) electrons. The lowest BCUT2D eigenvalue weighted by Gasteiger charge is -2.17. The van der Waals surface area contributed by atoms with E-state index in [2.05, 4.69) is 17.2 Å². The first kappa shape index (κ1) is 16.0. The topological polar surface area (TPSA) is 38.1 Å². The fourth-order valence-electron chi connectivity index (χ4n) is 2.85. The average molecular weight is 319 g/mol. The number of hydrogen-bond donors (Lipinski definition) is 0. The Morgan fingerprint density at radius 3 is 2.21 bits per heavy atom. The van der Waals surface area contributed by atoms with Gasteiger partial charge in [-0.05, 0) is 31.5 Å². The van der Waals surface area contributed by atoms with Gasteiger partial charge in [0.25, 0.3) is 5.91 Å². The van der Waals surface area contributed by atoms with Crippen LogP contribution in [-0.4, -0.2) is 22.7 Å². The minimum Gasteiger partial charge on any atom is -0.311 e. The molecule has 4 heteroatoms. The molecular formula is C20H21N3O. The van der Waals surface area contributed by atoms with Crippen LogP contribution in [0, 0.1) is 13.8 Å². The number of aryl methyl sites for hydroxylation is 1. The van der Waals surface area contributed by atoms with Crippen LogP contribution in [0.5, 0.6) is 0 Å². The molecule has 0 N–H and O–H groups in total. The number of rotatable bonds is 4. The van der Waals surface area contributed by atoms with E-state index >= 15 is 0 Å². The predicted octanol–water partition coefficient (Wildman–Crippen LogP) is 3.82. The Bertz CT molecular complexity index is 838. The number of carbonyl (C=O) groups excluding carboxylic acids is 1. The zero-order chi connectivity index (χ0) is 17.1. The van der Waals surface area contributed by atoms with Crippen LogP contribution < -0.4 is 4.90 Å². The van der Waals surface area contributed by atoms with E-state index < -0.39 is 0 Å². The zero-order valence-electron chi connectivity index (χ0n) is 14.2. The minimum absolute atomic E-state index is 0.0319. The summed E-state index contributed by atoms with van der Waals surface area (Å²) in [6.07, 6.45) is 0. The van der Waals surface area contributed by atoms with E-state index in [1.807, 2.05) is 67.1 Å². The summed E-state index contributed by atoms with van der Waals surface area (Å²) in [5.41, 5.74) is 4.37. The lowest BCUT2D eigenvalue weighted by atomic mass is 10.1. The van der Waals surface area contributed by atoms with E-state index in [-0.39, 0.29) is 5.91 Å². The molecule has 1 amide bonds. The number of carbonyl (C=O) groups is 1. The van der Waals surface area contributed by atoms with E-state index in [0.717, 1.165) is 17.1 Å². The van der Waals surface area contributed by atoms with Gasteiger partial charge in [0.1, 0.15) is 0 Å². The molecule has 1 heterocycles. The first-order valence-corrected chi connectivity index (χ1v) is 7.99. The van der Waals surface area contributed by atoms with Crippen molar-refractivity contribution in [3.05, 3.63) is 83.2 Å². The van der Waals surface area contributed by atoms with Crippen LogP contribution in [0.25, 0.3) is 0 Å². The lowest BCUT2D eigenvalue weighted by molar-refractivity contribution is 0.0991. The summed E-state index contributed by atoms with van der Waals surface area (Å²) in [5, 5.41) is 4.57. The van der Waals surface area contributed by atoms with E-state index in [1.54, 1.807) is 11.9 Å². The molecular weight excluding hydrogens is 298 g/mol. The number of nitrogens with zero attached hydrogens (tertiary/aromatic N) is 3. The molecule has 0 spiro atoms. The van der Waals surface area contributed by atoms with E-state index in [9.17, 15) is 4.79 Å². The van der Waals surface area contributed by atoms with E-state index in [4.69, 9.17) is 0 Å². The molecule has 0 unspecified atom stereocenters. The van der Waals surface area contributed by atoms with Gasteiger partial charge in [0.05, 0.1) is 17.8 Å². The van der Waals surface area contributed by atoms with Crippen LogP contribution in [-0.2, 0) is 6.54 Å². The molecule has 0 fully saturated rings. The second kappa shape index (κ2) is 6.71. The van der Waals surface area contributed by atoms with Gasteiger partial charge in [0.2, 0.25) is 0 Å². The van der Waals surface area contributed by atoms with Gasteiger partial charge in [-0.15, -0.1) is 0 Å². The maximum Gasteiger partial charge on any atom is 0.261 e. The van der Waals surface area contributed by atoms with Crippen LogP contribution in [0.1, 0.15) is 27.3 Å². The normalized spacial score (nSPS) is 10.6. The van der Waals surface area contributed by atoms with Gasteiger partial charge in [-0.3, -0.25) is 9.48 Å². The number of para-hydroxylation sites is 1. The van der Waals surface area contributed by atoms with Crippen LogP contribution in [0.3, 0.4) is 0 Å². The molecule has 0 atom stereocenters. The molecule has 4 nitrogen and oxygen atoms in total. The van der Waals surface area contributed by atoms with Gasteiger partial charge >= 0.3 is 0 Å². The molecule has 122 valence electrons. The Balaban J connectivity index is 1.90. The lowest BCUT2D eigenvalue weighted by Crippen LogP contribution is -2.27. The summed E-state index contributed by atoms with van der Waals surface area (Å²) >= 11 is 0. The maximum atomic E-state index is 12.9. The first-order chi connectivity index (χ1) is 11.6. The highest BCUT2D eigenvalue weighted by Crippen LogP contribution is 2.20. The molecule has 0 aliphatic carbocycles. The third-order valence-corrected chi connectivity index (χ3v) is 4.22. The maximum absolute atomic E-state index is 12.9. The van der Waals surface area contributed by atoms with Crippen molar-refractivity contribution in [2.24, 2.45) is 0 Å². The molecule has 0 saturated carbocycles. The molecule has 0 aliphatic rings. The highest BCUT2D eigenvalue weighted by Gasteiger charge is 2.22. The minimum atomic E-state index is -0.0319. The van der Waals surface area contributed by atoms with Crippen LogP contribution in [0.4, 0.5) is 5.69 Å². The Morgan fingerprint density at radius 1 is 1.00 bits per heavy atom. The molecule has 24 heavy (non-hydrogen) atoms. The smallest absolute Gasteiger partial charge is 0.261 e. The molecule has 0 saturated heterocycles.